The summed E-state index contributed by atoms with van der Waals surface area (Å²) in [5.41, 5.74) is 0.980. The maximum atomic E-state index is 8.98. The summed E-state index contributed by atoms with van der Waals surface area (Å²) in [5, 5.41) is 19.4. The molecule has 0 bridgehead atoms. The Morgan fingerprint density at radius 1 is 1.77 bits per heavy atom. The van der Waals surface area contributed by atoms with E-state index in [1.165, 1.54) is 0 Å². The first-order chi connectivity index (χ1) is 6.18. The second-order valence-electron chi connectivity index (χ2n) is 2.70. The predicted molar refractivity (Wildman–Crippen MR) is 60.2 cm³/mol. The Balaban J connectivity index is 2.26. The quantitative estimate of drug-likeness (QED) is 0.669. The van der Waals surface area contributed by atoms with Gasteiger partial charge >= 0.3 is 0 Å². The van der Waals surface area contributed by atoms with Crippen molar-refractivity contribution in [3.8, 4) is 0 Å². The Morgan fingerprint density at radius 2 is 2.54 bits per heavy atom. The maximum absolute atomic E-state index is 8.98. The highest BCUT2D eigenvalue weighted by molar-refractivity contribution is 7.80. The third kappa shape index (κ3) is 4.21. The van der Waals surface area contributed by atoms with Gasteiger partial charge in [0.05, 0.1) is 11.8 Å². The molecule has 0 aliphatic rings. The summed E-state index contributed by atoms with van der Waals surface area (Å²) in [7, 11) is 0. The topological polar surface area (TPSA) is 44.3 Å². The molecule has 13 heavy (non-hydrogen) atoms. The van der Waals surface area contributed by atoms with E-state index in [1.807, 2.05) is 16.8 Å². The van der Waals surface area contributed by atoms with E-state index in [2.05, 4.69) is 10.6 Å². The molecule has 0 saturated carbocycles. The van der Waals surface area contributed by atoms with Crippen molar-refractivity contribution in [1.82, 2.24) is 5.32 Å². The number of aliphatic hydroxyl groups excluding tert-OH is 1. The highest BCUT2D eigenvalue weighted by Gasteiger charge is 1.98. The summed E-state index contributed by atoms with van der Waals surface area (Å²) in [6.07, 6.45) is -0.387. The molecule has 5 heteroatoms. The van der Waals surface area contributed by atoms with E-state index in [1.54, 1.807) is 18.3 Å². The van der Waals surface area contributed by atoms with Gasteiger partial charge in [0.25, 0.3) is 0 Å². The van der Waals surface area contributed by atoms with Crippen molar-refractivity contribution in [3.05, 3.63) is 16.8 Å². The van der Waals surface area contributed by atoms with Crippen LogP contribution in [0.1, 0.15) is 6.92 Å². The summed E-state index contributed by atoms with van der Waals surface area (Å²) >= 11 is 6.60. The first-order valence-corrected chi connectivity index (χ1v) is 5.28. The lowest BCUT2D eigenvalue weighted by Crippen LogP contribution is -2.33. The fourth-order valence-electron chi connectivity index (χ4n) is 0.751. The average Bonchev–Trinajstić information content (AvgIpc) is 2.53. The first kappa shape index (κ1) is 10.4. The van der Waals surface area contributed by atoms with E-state index < -0.39 is 0 Å². The van der Waals surface area contributed by atoms with Crippen LogP contribution in [0, 0.1) is 0 Å². The number of thiocarbonyl (C=S) groups is 1. The van der Waals surface area contributed by atoms with Crippen molar-refractivity contribution in [2.24, 2.45) is 0 Å². The molecule has 3 N–H and O–H groups in total. The highest BCUT2D eigenvalue weighted by Crippen LogP contribution is 2.11. The summed E-state index contributed by atoms with van der Waals surface area (Å²) < 4.78 is 0. The van der Waals surface area contributed by atoms with Crippen molar-refractivity contribution < 1.29 is 5.11 Å². The fraction of sp³-hybridized carbons (Fsp3) is 0.375. The van der Waals surface area contributed by atoms with Gasteiger partial charge in [-0.25, -0.2) is 0 Å². The number of rotatable bonds is 3. The van der Waals surface area contributed by atoms with E-state index in [9.17, 15) is 0 Å². The van der Waals surface area contributed by atoms with E-state index >= 15 is 0 Å². The molecule has 0 aromatic carbocycles. The smallest absolute Gasteiger partial charge is 0.170 e. The summed E-state index contributed by atoms with van der Waals surface area (Å²) in [4.78, 5) is 0. The fourth-order valence-corrected chi connectivity index (χ4v) is 1.54. The molecule has 1 heterocycles. The SMILES string of the molecule is C[C@H](O)CNC(=S)Nc1ccsc1. The average molecular weight is 216 g/mol. The molecule has 3 nitrogen and oxygen atoms in total. The number of aliphatic hydroxyl groups is 1. The summed E-state index contributed by atoms with van der Waals surface area (Å²) in [5.74, 6) is 0. The van der Waals surface area contributed by atoms with Crippen LogP contribution in [0.25, 0.3) is 0 Å². The van der Waals surface area contributed by atoms with Crippen molar-refractivity contribution in [2.75, 3.05) is 11.9 Å². The number of thiophene rings is 1. The van der Waals surface area contributed by atoms with Crippen LogP contribution in [-0.2, 0) is 0 Å². The molecule has 72 valence electrons. The molecule has 0 unspecified atom stereocenters. The van der Waals surface area contributed by atoms with Gasteiger partial charge in [-0.1, -0.05) is 0 Å². The van der Waals surface area contributed by atoms with Crippen molar-refractivity contribution in [2.45, 2.75) is 13.0 Å². The molecule has 0 spiro atoms. The Kier molecular flexibility index (Phi) is 4.14. The monoisotopic (exact) mass is 216 g/mol. The van der Waals surface area contributed by atoms with Gasteiger partial charge in [0.15, 0.2) is 5.11 Å². The van der Waals surface area contributed by atoms with Crippen molar-refractivity contribution >= 4 is 34.4 Å². The normalized spacial score (nSPS) is 12.2. The predicted octanol–water partition coefficient (Wildman–Crippen LogP) is 1.42. The molecule has 1 atom stereocenters. The molecule has 1 rings (SSSR count). The first-order valence-electron chi connectivity index (χ1n) is 3.93. The number of anilines is 1. The van der Waals surface area contributed by atoms with Gasteiger partial charge in [0.1, 0.15) is 0 Å². The van der Waals surface area contributed by atoms with Crippen LogP contribution in [0.3, 0.4) is 0 Å². The van der Waals surface area contributed by atoms with Crippen LogP contribution in [0.5, 0.6) is 0 Å². The van der Waals surface area contributed by atoms with Gasteiger partial charge in [0, 0.05) is 11.9 Å². The Hall–Kier alpha value is -0.650. The zero-order chi connectivity index (χ0) is 9.68. The standard InChI is InChI=1S/C8H12N2OS2/c1-6(11)4-9-8(12)10-7-2-3-13-5-7/h2-3,5-6,11H,4H2,1H3,(H2,9,10,12)/t6-/m0/s1. The Bertz CT molecular complexity index is 259. The van der Waals surface area contributed by atoms with Crippen LogP contribution < -0.4 is 10.6 Å². The minimum Gasteiger partial charge on any atom is -0.392 e. The molecule has 0 aliphatic heterocycles. The van der Waals surface area contributed by atoms with Gasteiger partial charge in [-0.2, -0.15) is 11.3 Å². The van der Waals surface area contributed by atoms with Crippen molar-refractivity contribution in [3.63, 3.8) is 0 Å². The van der Waals surface area contributed by atoms with Crippen LogP contribution >= 0.6 is 23.6 Å². The van der Waals surface area contributed by atoms with E-state index in [-0.39, 0.29) is 6.10 Å². The zero-order valence-corrected chi connectivity index (χ0v) is 8.91. The van der Waals surface area contributed by atoms with Gasteiger partial charge in [0.2, 0.25) is 0 Å². The molecule has 0 radical (unpaired) electrons. The molecular weight excluding hydrogens is 204 g/mol. The molecule has 0 saturated heterocycles. The largest absolute Gasteiger partial charge is 0.392 e. The molecule has 0 amide bonds. The third-order valence-corrected chi connectivity index (χ3v) is 2.27. The molecule has 0 aliphatic carbocycles. The lowest BCUT2D eigenvalue weighted by molar-refractivity contribution is 0.198. The van der Waals surface area contributed by atoms with Crippen molar-refractivity contribution in [1.29, 1.82) is 0 Å². The lowest BCUT2D eigenvalue weighted by Gasteiger charge is -2.10. The maximum Gasteiger partial charge on any atom is 0.170 e. The number of nitrogens with one attached hydrogen (secondary N) is 2. The van der Waals surface area contributed by atoms with E-state index in [4.69, 9.17) is 17.3 Å². The minimum absolute atomic E-state index is 0.387. The Morgan fingerprint density at radius 3 is 3.08 bits per heavy atom. The minimum atomic E-state index is -0.387. The number of hydrogen-bond donors (Lipinski definition) is 3. The van der Waals surface area contributed by atoms with Gasteiger partial charge in [-0.3, -0.25) is 0 Å². The van der Waals surface area contributed by atoms with E-state index in [0.717, 1.165) is 5.69 Å². The highest BCUT2D eigenvalue weighted by atomic mass is 32.1. The van der Waals surface area contributed by atoms with Gasteiger partial charge in [-0.15, -0.1) is 0 Å². The molecular formula is C8H12N2OS2. The third-order valence-electron chi connectivity index (χ3n) is 1.34. The van der Waals surface area contributed by atoms with Gasteiger partial charge in [-0.05, 0) is 30.6 Å². The Labute approximate surface area is 86.8 Å². The molecule has 1 aromatic heterocycles. The van der Waals surface area contributed by atoms with Crippen LogP contribution in [0.4, 0.5) is 5.69 Å². The second kappa shape index (κ2) is 5.16. The second-order valence-corrected chi connectivity index (χ2v) is 3.88. The molecule has 1 aromatic rings. The molecule has 0 fully saturated rings. The summed E-state index contributed by atoms with van der Waals surface area (Å²) in [6, 6.07) is 1.95. The van der Waals surface area contributed by atoms with Crippen LogP contribution in [0.2, 0.25) is 0 Å². The van der Waals surface area contributed by atoms with Crippen LogP contribution in [-0.4, -0.2) is 22.9 Å². The number of hydrogen-bond acceptors (Lipinski definition) is 3. The van der Waals surface area contributed by atoms with Crippen LogP contribution in [0.15, 0.2) is 16.8 Å². The summed E-state index contributed by atoms with van der Waals surface area (Å²) in [6.45, 7) is 2.18. The van der Waals surface area contributed by atoms with Gasteiger partial charge < -0.3 is 15.7 Å². The lowest BCUT2D eigenvalue weighted by atomic mass is 10.4. The van der Waals surface area contributed by atoms with E-state index in [0.29, 0.717) is 11.7 Å². The zero-order valence-electron chi connectivity index (χ0n) is 7.28.